The third kappa shape index (κ3) is 6.42. The average molecular weight is 541 g/mol. The number of alkyl halides is 6. The molecule has 194 valence electrons. The zero-order valence-electron chi connectivity index (χ0n) is 18.6. The predicted octanol–water partition coefficient (Wildman–Crippen LogP) is 6.60. The van der Waals surface area contributed by atoms with E-state index in [1.165, 1.54) is 30.3 Å². The van der Waals surface area contributed by atoms with Gasteiger partial charge in [0.15, 0.2) is 6.61 Å². The van der Waals surface area contributed by atoms with Crippen LogP contribution in [0, 0.1) is 0 Å². The molecule has 0 radical (unpaired) electrons. The molecule has 0 bridgehead atoms. The fourth-order valence-corrected chi connectivity index (χ4v) is 3.90. The van der Waals surface area contributed by atoms with Crippen LogP contribution in [0.15, 0.2) is 66.7 Å². The van der Waals surface area contributed by atoms with Crippen molar-refractivity contribution >= 4 is 38.9 Å². The van der Waals surface area contributed by atoms with E-state index in [1.54, 1.807) is 53.3 Å². The number of benzene rings is 3. The van der Waals surface area contributed by atoms with E-state index in [9.17, 15) is 34.8 Å². The first-order valence-corrected chi connectivity index (χ1v) is 11.9. The molecular weight excluding hydrogens is 524 g/mol. The number of nitrogens with one attached hydrogen (secondary N) is 2. The van der Waals surface area contributed by atoms with Gasteiger partial charge >= 0.3 is 21.7 Å². The largest absolute Gasteiger partial charge is 0.516 e. The van der Waals surface area contributed by atoms with Gasteiger partial charge in [0.1, 0.15) is 11.6 Å². The van der Waals surface area contributed by atoms with E-state index >= 15 is 0 Å². The molecule has 0 atom stereocenters. The second kappa shape index (κ2) is 9.81. The van der Waals surface area contributed by atoms with Crippen LogP contribution in [0.1, 0.15) is 11.4 Å². The summed E-state index contributed by atoms with van der Waals surface area (Å²) in [6, 6.07) is 16.5. The van der Waals surface area contributed by atoms with Crippen LogP contribution in [0.2, 0.25) is 0 Å². The number of hydrogen-bond acceptors (Lipinski definition) is 4. The highest BCUT2D eigenvalue weighted by Gasteiger charge is 2.46. The fourth-order valence-electron chi connectivity index (χ4n) is 3.32. The number of anilines is 1. The Hall–Kier alpha value is -4.00. The van der Waals surface area contributed by atoms with Crippen LogP contribution in [-0.4, -0.2) is 36.7 Å². The molecule has 3 aromatic carbocycles. The standard InChI is InChI=1S/C24H17F6N3O3S/c25-23(26,27)14-36-17-9-5-15(6-10-17)7-12-22-31-20-11-8-16(13-21(20)32-22)18-3-1-2-4-19(18)33-37(34,35)24(28,29)30/h1-13,33H,14H2,(H,31,32). The molecule has 0 aliphatic carbocycles. The summed E-state index contributed by atoms with van der Waals surface area (Å²) >= 11 is 0. The molecule has 0 spiro atoms. The second-order valence-electron chi connectivity index (χ2n) is 7.76. The van der Waals surface area contributed by atoms with Gasteiger partial charge in [-0.1, -0.05) is 42.5 Å². The summed E-state index contributed by atoms with van der Waals surface area (Å²) in [5.41, 5.74) is -3.26. The van der Waals surface area contributed by atoms with Gasteiger partial charge in [-0.2, -0.15) is 34.8 Å². The predicted molar refractivity (Wildman–Crippen MR) is 127 cm³/mol. The molecule has 0 unspecified atom stereocenters. The molecule has 0 saturated heterocycles. The Morgan fingerprint density at radius 1 is 0.919 bits per heavy atom. The third-order valence-electron chi connectivity index (χ3n) is 5.00. The van der Waals surface area contributed by atoms with Crippen molar-refractivity contribution in [3.63, 3.8) is 0 Å². The summed E-state index contributed by atoms with van der Waals surface area (Å²) in [4.78, 5) is 7.45. The van der Waals surface area contributed by atoms with Crippen LogP contribution in [0.4, 0.5) is 32.0 Å². The van der Waals surface area contributed by atoms with Crippen LogP contribution in [0.25, 0.3) is 34.3 Å². The maximum absolute atomic E-state index is 12.8. The van der Waals surface area contributed by atoms with Gasteiger partial charge < -0.3 is 9.72 Å². The smallest absolute Gasteiger partial charge is 0.484 e. The van der Waals surface area contributed by atoms with Gasteiger partial charge in [-0.05, 0) is 47.5 Å². The Morgan fingerprint density at radius 3 is 2.30 bits per heavy atom. The van der Waals surface area contributed by atoms with Crippen molar-refractivity contribution in [2.24, 2.45) is 0 Å². The molecule has 0 aliphatic rings. The van der Waals surface area contributed by atoms with Crippen molar-refractivity contribution in [3.8, 4) is 16.9 Å². The van der Waals surface area contributed by atoms with Gasteiger partial charge in [0.05, 0.1) is 16.7 Å². The number of fused-ring (bicyclic) bond motifs is 1. The molecule has 0 saturated carbocycles. The Morgan fingerprint density at radius 2 is 1.62 bits per heavy atom. The number of ether oxygens (including phenoxy) is 1. The van der Waals surface area contributed by atoms with Gasteiger partial charge in [-0.15, -0.1) is 0 Å². The minimum Gasteiger partial charge on any atom is -0.484 e. The molecule has 4 rings (SSSR count). The van der Waals surface area contributed by atoms with Gasteiger partial charge in [0.25, 0.3) is 0 Å². The Labute approximate surface area is 206 Å². The summed E-state index contributed by atoms with van der Waals surface area (Å²) in [7, 11) is -5.60. The lowest BCUT2D eigenvalue weighted by atomic mass is 10.0. The number of nitrogens with zero attached hydrogens (tertiary/aromatic N) is 1. The van der Waals surface area contributed by atoms with E-state index in [4.69, 9.17) is 0 Å². The molecule has 0 fully saturated rings. The van der Waals surface area contributed by atoms with Gasteiger partial charge in [0.2, 0.25) is 0 Å². The van der Waals surface area contributed by atoms with E-state index in [0.29, 0.717) is 28.0 Å². The van der Waals surface area contributed by atoms with Crippen molar-refractivity contribution in [1.29, 1.82) is 0 Å². The molecule has 13 heteroatoms. The third-order valence-corrected chi connectivity index (χ3v) is 6.10. The zero-order chi connectivity index (χ0) is 26.8. The second-order valence-corrected chi connectivity index (χ2v) is 9.43. The first-order valence-electron chi connectivity index (χ1n) is 10.5. The topological polar surface area (TPSA) is 84.1 Å². The Balaban J connectivity index is 1.54. The molecule has 1 heterocycles. The van der Waals surface area contributed by atoms with E-state index < -0.39 is 28.3 Å². The summed E-state index contributed by atoms with van der Waals surface area (Å²) < 4.78 is 105. The van der Waals surface area contributed by atoms with Crippen LogP contribution in [0.5, 0.6) is 5.75 Å². The quantitative estimate of drug-likeness (QED) is 0.258. The average Bonchev–Trinajstić information content (AvgIpc) is 3.23. The lowest BCUT2D eigenvalue weighted by Gasteiger charge is -2.14. The van der Waals surface area contributed by atoms with Crippen LogP contribution in [-0.2, 0) is 10.0 Å². The highest BCUT2D eigenvalue weighted by Crippen LogP contribution is 2.33. The maximum atomic E-state index is 12.8. The molecular formula is C24H17F6N3O3S. The first kappa shape index (κ1) is 26.1. The Kier molecular flexibility index (Phi) is 6.91. The highest BCUT2D eigenvalue weighted by atomic mass is 32.2. The van der Waals surface area contributed by atoms with Gasteiger partial charge in [0, 0.05) is 5.56 Å². The van der Waals surface area contributed by atoms with Crippen molar-refractivity contribution in [2.75, 3.05) is 11.3 Å². The molecule has 2 N–H and O–H groups in total. The molecule has 0 aliphatic heterocycles. The minimum atomic E-state index is -5.60. The number of imidazole rings is 1. The number of rotatable bonds is 7. The van der Waals surface area contributed by atoms with Crippen molar-refractivity contribution in [1.82, 2.24) is 9.97 Å². The number of aromatic nitrogens is 2. The summed E-state index contributed by atoms with van der Waals surface area (Å²) in [5.74, 6) is 0.513. The molecule has 6 nitrogen and oxygen atoms in total. The number of H-pyrrole nitrogens is 1. The summed E-state index contributed by atoms with van der Waals surface area (Å²) in [6.07, 6.45) is -1.12. The molecule has 0 amide bonds. The van der Waals surface area contributed by atoms with E-state index in [2.05, 4.69) is 14.7 Å². The van der Waals surface area contributed by atoms with Gasteiger partial charge in [-0.25, -0.2) is 4.98 Å². The number of halogens is 6. The van der Waals surface area contributed by atoms with E-state index in [-0.39, 0.29) is 17.0 Å². The zero-order valence-corrected chi connectivity index (χ0v) is 19.4. The lowest BCUT2D eigenvalue weighted by Crippen LogP contribution is -2.30. The normalized spacial score (nSPS) is 12.8. The van der Waals surface area contributed by atoms with Crippen LogP contribution < -0.4 is 9.46 Å². The summed E-state index contributed by atoms with van der Waals surface area (Å²) in [6.45, 7) is -1.39. The van der Waals surface area contributed by atoms with Crippen LogP contribution >= 0.6 is 0 Å². The van der Waals surface area contributed by atoms with E-state index in [0.717, 1.165) is 0 Å². The summed E-state index contributed by atoms with van der Waals surface area (Å²) in [5, 5.41) is 0. The highest BCUT2D eigenvalue weighted by molar-refractivity contribution is 7.93. The monoisotopic (exact) mass is 541 g/mol. The minimum absolute atomic E-state index is 0.0727. The Bertz CT molecular complexity index is 1540. The number of aromatic amines is 1. The number of sulfonamides is 1. The maximum Gasteiger partial charge on any atom is 0.516 e. The molecule has 1 aromatic heterocycles. The van der Waals surface area contributed by atoms with E-state index in [1.807, 2.05) is 0 Å². The number of hydrogen-bond donors (Lipinski definition) is 2. The molecule has 4 aromatic rings. The van der Waals surface area contributed by atoms with Crippen molar-refractivity contribution in [3.05, 3.63) is 78.1 Å². The van der Waals surface area contributed by atoms with Gasteiger partial charge in [-0.3, -0.25) is 4.72 Å². The van der Waals surface area contributed by atoms with Crippen LogP contribution in [0.3, 0.4) is 0 Å². The van der Waals surface area contributed by atoms with Crippen molar-refractivity contribution < 1.29 is 39.5 Å². The number of para-hydroxylation sites is 1. The first-order chi connectivity index (χ1) is 17.3. The SMILES string of the molecule is O=S(=O)(Nc1ccccc1-c1ccc2nc(C=Cc3ccc(OCC(F)(F)F)cc3)[nH]c2c1)C(F)(F)F. The lowest BCUT2D eigenvalue weighted by molar-refractivity contribution is -0.153. The molecule has 37 heavy (non-hydrogen) atoms. The fraction of sp³-hybridized carbons (Fsp3) is 0.125. The van der Waals surface area contributed by atoms with Crippen molar-refractivity contribution in [2.45, 2.75) is 11.7 Å².